The molecule has 2 aromatic carbocycles. The summed E-state index contributed by atoms with van der Waals surface area (Å²) in [5, 5.41) is 13.1. The summed E-state index contributed by atoms with van der Waals surface area (Å²) < 4.78 is 15.0. The third-order valence-electron chi connectivity index (χ3n) is 6.47. The number of imide groups is 1. The second kappa shape index (κ2) is 8.67. The lowest BCUT2D eigenvalue weighted by atomic mass is 9.94. The summed E-state index contributed by atoms with van der Waals surface area (Å²) in [5.41, 5.74) is 1.48. The zero-order valence-electron chi connectivity index (χ0n) is 19.6. The highest BCUT2D eigenvalue weighted by molar-refractivity contribution is 6.05. The molecule has 0 radical (unpaired) electrons. The van der Waals surface area contributed by atoms with Crippen molar-refractivity contribution in [1.82, 2.24) is 30.5 Å². The first-order chi connectivity index (χ1) is 17.1. The number of nitrogens with one attached hydrogen (secondary N) is 2. The molecule has 184 valence electrons. The Hall–Kier alpha value is -4.41. The zero-order valence-corrected chi connectivity index (χ0v) is 19.6. The molecule has 2 aliphatic rings. The van der Waals surface area contributed by atoms with Crippen molar-refractivity contribution >= 4 is 23.6 Å². The Balaban J connectivity index is 1.33. The van der Waals surface area contributed by atoms with Gasteiger partial charge in [0.2, 0.25) is 11.8 Å². The number of halogens is 1. The maximum Gasteiger partial charge on any atom is 0.274 e. The van der Waals surface area contributed by atoms with E-state index in [1.165, 1.54) is 27.9 Å². The summed E-state index contributed by atoms with van der Waals surface area (Å²) in [4.78, 5) is 51.1. The standard InChI is InChI=1S/C25H23FN6O4/c1-25(2,15-4-3-5-16(26)10-15)28-22(34)19-13-32(30-29-19)17-7-6-14-12-31(24(36)18(14)11-17)20-8-9-21(33)27-23(20)35/h3-7,10-11,13,20H,8-9,12H2,1-2H3,(H,28,34)(H,27,33,35). The number of carbonyl (C=O) groups excluding carboxylic acids is 4. The Morgan fingerprint density at radius 2 is 1.97 bits per heavy atom. The van der Waals surface area contributed by atoms with E-state index in [9.17, 15) is 23.6 Å². The van der Waals surface area contributed by atoms with Crippen molar-refractivity contribution in [3.8, 4) is 5.69 Å². The zero-order chi connectivity index (χ0) is 25.6. The fourth-order valence-corrected chi connectivity index (χ4v) is 4.48. The summed E-state index contributed by atoms with van der Waals surface area (Å²) in [7, 11) is 0. The highest BCUT2D eigenvalue weighted by atomic mass is 19.1. The molecule has 10 nitrogen and oxygen atoms in total. The highest BCUT2D eigenvalue weighted by Gasteiger charge is 2.39. The summed E-state index contributed by atoms with van der Waals surface area (Å²) in [6.45, 7) is 3.77. The minimum absolute atomic E-state index is 0.0523. The average molecular weight is 490 g/mol. The van der Waals surface area contributed by atoms with E-state index in [2.05, 4.69) is 20.9 Å². The van der Waals surface area contributed by atoms with Gasteiger partial charge in [-0.3, -0.25) is 24.5 Å². The predicted octanol–water partition coefficient (Wildman–Crippen LogP) is 1.83. The van der Waals surface area contributed by atoms with Crippen LogP contribution in [0.2, 0.25) is 0 Å². The van der Waals surface area contributed by atoms with E-state index in [0.29, 0.717) is 16.8 Å². The third-order valence-corrected chi connectivity index (χ3v) is 6.47. The molecule has 0 aliphatic carbocycles. The van der Waals surface area contributed by atoms with Crippen molar-refractivity contribution in [2.45, 2.75) is 44.8 Å². The molecule has 0 saturated carbocycles. The van der Waals surface area contributed by atoms with Crippen molar-refractivity contribution in [2.24, 2.45) is 0 Å². The van der Waals surface area contributed by atoms with Crippen LogP contribution in [-0.2, 0) is 21.7 Å². The van der Waals surface area contributed by atoms with E-state index in [0.717, 1.165) is 5.56 Å². The first kappa shape index (κ1) is 23.3. The molecule has 1 fully saturated rings. The number of benzene rings is 2. The second-order valence-electron chi connectivity index (χ2n) is 9.38. The quantitative estimate of drug-likeness (QED) is 0.526. The molecule has 36 heavy (non-hydrogen) atoms. The summed E-state index contributed by atoms with van der Waals surface area (Å²) in [5.74, 6) is -2.01. The molecule has 3 heterocycles. The van der Waals surface area contributed by atoms with Crippen molar-refractivity contribution in [3.63, 3.8) is 0 Å². The molecule has 4 amide bonds. The van der Waals surface area contributed by atoms with Crippen LogP contribution in [0.4, 0.5) is 4.39 Å². The number of hydrogen-bond acceptors (Lipinski definition) is 6. The van der Waals surface area contributed by atoms with E-state index in [1.807, 2.05) is 0 Å². The molecular formula is C25H23FN6O4. The normalized spacial score (nSPS) is 17.7. The number of rotatable bonds is 5. The van der Waals surface area contributed by atoms with Gasteiger partial charge in [0.05, 0.1) is 17.4 Å². The van der Waals surface area contributed by atoms with Gasteiger partial charge in [-0.2, -0.15) is 0 Å². The Bertz CT molecular complexity index is 1420. The van der Waals surface area contributed by atoms with Gasteiger partial charge in [0.15, 0.2) is 5.69 Å². The maximum absolute atomic E-state index is 13.6. The molecule has 2 aliphatic heterocycles. The second-order valence-corrected chi connectivity index (χ2v) is 9.38. The number of hydrogen-bond donors (Lipinski definition) is 2. The molecule has 1 atom stereocenters. The molecule has 0 spiro atoms. The lowest BCUT2D eigenvalue weighted by Gasteiger charge is -2.29. The van der Waals surface area contributed by atoms with E-state index in [4.69, 9.17) is 0 Å². The number of nitrogens with zero attached hydrogens (tertiary/aromatic N) is 4. The molecule has 1 unspecified atom stereocenters. The van der Waals surface area contributed by atoms with Gasteiger partial charge in [0, 0.05) is 18.5 Å². The van der Waals surface area contributed by atoms with Gasteiger partial charge in [0.1, 0.15) is 11.9 Å². The molecule has 5 rings (SSSR count). The Morgan fingerprint density at radius 1 is 1.17 bits per heavy atom. The average Bonchev–Trinajstić information content (AvgIpc) is 3.44. The van der Waals surface area contributed by atoms with Gasteiger partial charge in [-0.05, 0) is 55.7 Å². The van der Waals surface area contributed by atoms with Gasteiger partial charge in [0.25, 0.3) is 11.8 Å². The third kappa shape index (κ3) is 4.23. The molecule has 1 aromatic heterocycles. The van der Waals surface area contributed by atoms with Crippen molar-refractivity contribution in [2.75, 3.05) is 0 Å². The van der Waals surface area contributed by atoms with E-state index in [1.54, 1.807) is 44.2 Å². The largest absolute Gasteiger partial charge is 0.342 e. The number of amides is 4. The molecular weight excluding hydrogens is 467 g/mol. The Morgan fingerprint density at radius 3 is 2.72 bits per heavy atom. The summed E-state index contributed by atoms with van der Waals surface area (Å²) in [6, 6.07) is 10.4. The van der Waals surface area contributed by atoms with Crippen LogP contribution in [0.25, 0.3) is 5.69 Å². The van der Waals surface area contributed by atoms with Gasteiger partial charge in [-0.1, -0.05) is 23.4 Å². The lowest BCUT2D eigenvalue weighted by molar-refractivity contribution is -0.136. The van der Waals surface area contributed by atoms with Gasteiger partial charge >= 0.3 is 0 Å². The SMILES string of the molecule is CC(C)(NC(=O)c1cn(-c2ccc3c(c2)C(=O)N(C2CCC(=O)NC2=O)C3)nn1)c1cccc(F)c1. The van der Waals surface area contributed by atoms with Gasteiger partial charge in [-0.25, -0.2) is 9.07 Å². The first-order valence-electron chi connectivity index (χ1n) is 11.4. The minimum atomic E-state index is -0.859. The summed E-state index contributed by atoms with van der Waals surface area (Å²) >= 11 is 0. The Kier molecular flexibility index (Phi) is 5.62. The number of fused-ring (bicyclic) bond motifs is 1. The van der Waals surface area contributed by atoms with E-state index in [-0.39, 0.29) is 36.9 Å². The van der Waals surface area contributed by atoms with Crippen molar-refractivity contribution in [3.05, 3.63) is 76.9 Å². The predicted molar refractivity (Wildman–Crippen MR) is 124 cm³/mol. The van der Waals surface area contributed by atoms with Crippen LogP contribution in [0, 0.1) is 5.82 Å². The van der Waals surface area contributed by atoms with Crippen LogP contribution in [0.3, 0.4) is 0 Å². The molecule has 0 bridgehead atoms. The van der Waals surface area contributed by atoms with Crippen LogP contribution in [-0.4, -0.2) is 49.6 Å². The summed E-state index contributed by atoms with van der Waals surface area (Å²) in [6.07, 6.45) is 1.91. The van der Waals surface area contributed by atoms with Crippen LogP contribution in [0.15, 0.2) is 48.7 Å². The van der Waals surface area contributed by atoms with Gasteiger partial charge in [-0.15, -0.1) is 5.10 Å². The van der Waals surface area contributed by atoms with Crippen LogP contribution < -0.4 is 10.6 Å². The van der Waals surface area contributed by atoms with Crippen molar-refractivity contribution < 1.29 is 23.6 Å². The minimum Gasteiger partial charge on any atom is -0.342 e. The first-order valence-corrected chi connectivity index (χ1v) is 11.4. The fourth-order valence-electron chi connectivity index (χ4n) is 4.48. The Labute approximate surface area is 205 Å². The van der Waals surface area contributed by atoms with Crippen LogP contribution in [0.1, 0.15) is 58.7 Å². The highest BCUT2D eigenvalue weighted by Crippen LogP contribution is 2.29. The molecule has 11 heteroatoms. The van der Waals surface area contributed by atoms with E-state index < -0.39 is 29.2 Å². The number of carbonyl (C=O) groups is 4. The van der Waals surface area contributed by atoms with Crippen LogP contribution >= 0.6 is 0 Å². The topological polar surface area (TPSA) is 126 Å². The molecule has 1 saturated heterocycles. The lowest BCUT2D eigenvalue weighted by Crippen LogP contribution is -2.52. The fraction of sp³-hybridized carbons (Fsp3) is 0.280. The molecule has 3 aromatic rings. The van der Waals surface area contributed by atoms with Crippen molar-refractivity contribution in [1.29, 1.82) is 0 Å². The van der Waals surface area contributed by atoms with E-state index >= 15 is 0 Å². The van der Waals surface area contributed by atoms with Gasteiger partial charge < -0.3 is 10.2 Å². The maximum atomic E-state index is 13.6. The van der Waals surface area contributed by atoms with Crippen LogP contribution in [0.5, 0.6) is 0 Å². The smallest absolute Gasteiger partial charge is 0.274 e. The number of aromatic nitrogens is 3. The monoisotopic (exact) mass is 490 g/mol. The molecule has 2 N–H and O–H groups in total. The number of piperidine rings is 1.